The van der Waals surface area contributed by atoms with Crippen molar-refractivity contribution < 1.29 is 14.3 Å². The SMILES string of the molecule is COC(=O)C(CC(C)(C)C)c1c(C)sc(C)c1-c1ccc2c(c1)CCCO2. The zero-order chi connectivity index (χ0) is 19.8. The molecule has 0 amide bonds. The maximum atomic E-state index is 12.7. The average Bonchev–Trinajstić information content (AvgIpc) is 2.91. The summed E-state index contributed by atoms with van der Waals surface area (Å²) in [4.78, 5) is 15.2. The number of ether oxygens (including phenoxy) is 2. The molecule has 4 heteroatoms. The van der Waals surface area contributed by atoms with Crippen LogP contribution in [0, 0.1) is 19.3 Å². The molecule has 0 saturated carbocycles. The minimum absolute atomic E-state index is 0.0299. The highest BCUT2D eigenvalue weighted by molar-refractivity contribution is 7.12. The number of hydrogen-bond donors (Lipinski definition) is 0. The second-order valence-corrected chi connectivity index (χ2v) is 10.0. The summed E-state index contributed by atoms with van der Waals surface area (Å²) in [5, 5.41) is 0. The number of carbonyl (C=O) groups is 1. The Morgan fingerprint density at radius 3 is 2.67 bits per heavy atom. The van der Waals surface area contributed by atoms with Gasteiger partial charge in [-0.15, -0.1) is 11.3 Å². The van der Waals surface area contributed by atoms with Gasteiger partial charge in [-0.25, -0.2) is 0 Å². The molecule has 3 nitrogen and oxygen atoms in total. The number of methoxy groups -OCH3 is 1. The Kier molecular flexibility index (Phi) is 5.66. The lowest BCUT2D eigenvalue weighted by Gasteiger charge is -2.26. The molecule has 0 radical (unpaired) electrons. The smallest absolute Gasteiger partial charge is 0.313 e. The predicted molar refractivity (Wildman–Crippen MR) is 112 cm³/mol. The fraction of sp³-hybridized carbons (Fsp3) is 0.522. The first kappa shape index (κ1) is 19.9. The number of benzene rings is 1. The Hall–Kier alpha value is -1.81. The molecule has 0 bridgehead atoms. The van der Waals surface area contributed by atoms with E-state index in [1.807, 2.05) is 0 Å². The number of carbonyl (C=O) groups excluding carboxylic acids is 1. The minimum atomic E-state index is -0.248. The molecule has 1 aliphatic heterocycles. The minimum Gasteiger partial charge on any atom is -0.493 e. The lowest BCUT2D eigenvalue weighted by molar-refractivity contribution is -0.143. The Bertz CT molecular complexity index is 842. The summed E-state index contributed by atoms with van der Waals surface area (Å²) < 4.78 is 11.0. The second kappa shape index (κ2) is 7.67. The molecule has 1 aliphatic rings. The van der Waals surface area contributed by atoms with E-state index in [1.165, 1.54) is 33.6 Å². The molecule has 1 aromatic heterocycles. The van der Waals surface area contributed by atoms with Gasteiger partial charge < -0.3 is 9.47 Å². The predicted octanol–water partition coefficient (Wildman–Crippen LogP) is 6.05. The van der Waals surface area contributed by atoms with E-state index in [0.29, 0.717) is 0 Å². The van der Waals surface area contributed by atoms with Crippen molar-refractivity contribution in [3.8, 4) is 16.9 Å². The first-order valence-electron chi connectivity index (χ1n) is 9.65. The van der Waals surface area contributed by atoms with Crippen molar-refractivity contribution in [1.82, 2.24) is 0 Å². The summed E-state index contributed by atoms with van der Waals surface area (Å²) in [7, 11) is 1.49. The Morgan fingerprint density at radius 1 is 1.26 bits per heavy atom. The summed E-state index contributed by atoms with van der Waals surface area (Å²) >= 11 is 1.77. The van der Waals surface area contributed by atoms with Gasteiger partial charge in [0, 0.05) is 9.75 Å². The largest absolute Gasteiger partial charge is 0.493 e. The van der Waals surface area contributed by atoms with E-state index in [1.54, 1.807) is 11.3 Å². The van der Waals surface area contributed by atoms with Crippen molar-refractivity contribution in [2.75, 3.05) is 13.7 Å². The Balaban J connectivity index is 2.13. The molecule has 1 aromatic carbocycles. The van der Waals surface area contributed by atoms with Crippen molar-refractivity contribution >= 4 is 17.3 Å². The van der Waals surface area contributed by atoms with E-state index in [4.69, 9.17) is 9.47 Å². The van der Waals surface area contributed by atoms with Gasteiger partial charge in [-0.2, -0.15) is 0 Å². The summed E-state index contributed by atoms with van der Waals surface area (Å²) in [6, 6.07) is 6.46. The van der Waals surface area contributed by atoms with Crippen molar-refractivity contribution in [1.29, 1.82) is 0 Å². The monoisotopic (exact) mass is 386 g/mol. The fourth-order valence-corrected chi connectivity index (χ4v) is 5.20. The third kappa shape index (κ3) is 4.21. The molecule has 2 aromatic rings. The van der Waals surface area contributed by atoms with Gasteiger partial charge in [0.25, 0.3) is 0 Å². The number of fused-ring (bicyclic) bond motifs is 1. The van der Waals surface area contributed by atoms with Crippen molar-refractivity contribution in [3.05, 3.63) is 39.1 Å². The van der Waals surface area contributed by atoms with Crippen molar-refractivity contribution in [3.63, 3.8) is 0 Å². The zero-order valence-corrected chi connectivity index (χ0v) is 18.1. The van der Waals surface area contributed by atoms with Crippen LogP contribution in [0.25, 0.3) is 11.1 Å². The van der Waals surface area contributed by atoms with Crippen molar-refractivity contribution in [2.45, 2.75) is 59.8 Å². The normalized spacial score (nSPS) is 15.0. The highest BCUT2D eigenvalue weighted by Gasteiger charge is 2.32. The molecule has 0 aliphatic carbocycles. The van der Waals surface area contributed by atoms with Crippen LogP contribution in [0.1, 0.15) is 60.4 Å². The standard InChI is InChI=1S/C23H30O3S/c1-14-20(17-9-10-19-16(12-17)8-7-11-26-19)21(15(2)27-14)18(22(24)25-6)13-23(3,4)5/h9-10,12,18H,7-8,11,13H2,1-6H3. The molecule has 0 fully saturated rings. The highest BCUT2D eigenvalue weighted by Crippen LogP contribution is 2.45. The van der Waals surface area contributed by atoms with Crippen LogP contribution in [0.3, 0.4) is 0 Å². The number of esters is 1. The molecule has 0 saturated heterocycles. The quantitative estimate of drug-likeness (QED) is 0.600. The van der Waals surface area contributed by atoms with Gasteiger partial charge in [0.05, 0.1) is 19.6 Å². The fourth-order valence-electron chi connectivity index (χ4n) is 4.05. The zero-order valence-electron chi connectivity index (χ0n) is 17.3. The van der Waals surface area contributed by atoms with Gasteiger partial charge in [-0.05, 0) is 72.9 Å². The molecular formula is C23H30O3S. The van der Waals surface area contributed by atoms with E-state index in [0.717, 1.165) is 37.2 Å². The van der Waals surface area contributed by atoms with Gasteiger partial charge in [0.1, 0.15) is 5.75 Å². The molecule has 1 unspecified atom stereocenters. The van der Waals surface area contributed by atoms with Crippen LogP contribution in [0.4, 0.5) is 0 Å². The summed E-state index contributed by atoms with van der Waals surface area (Å²) in [5.74, 6) is 0.603. The van der Waals surface area contributed by atoms with Gasteiger partial charge in [0.15, 0.2) is 0 Å². The van der Waals surface area contributed by atoms with Gasteiger partial charge >= 0.3 is 5.97 Å². The van der Waals surface area contributed by atoms with Gasteiger partial charge in [0.2, 0.25) is 0 Å². The molecule has 3 rings (SSSR count). The lowest BCUT2D eigenvalue weighted by atomic mass is 9.79. The summed E-state index contributed by atoms with van der Waals surface area (Å²) in [6.07, 6.45) is 2.86. The number of rotatable bonds is 4. The van der Waals surface area contributed by atoms with E-state index >= 15 is 0 Å². The van der Waals surface area contributed by atoms with Crippen LogP contribution in [-0.4, -0.2) is 19.7 Å². The molecule has 27 heavy (non-hydrogen) atoms. The molecular weight excluding hydrogens is 356 g/mol. The maximum Gasteiger partial charge on any atom is 0.313 e. The number of hydrogen-bond acceptors (Lipinski definition) is 4. The van der Waals surface area contributed by atoms with Crippen LogP contribution in [0.15, 0.2) is 18.2 Å². The van der Waals surface area contributed by atoms with E-state index in [9.17, 15) is 4.79 Å². The summed E-state index contributed by atoms with van der Waals surface area (Å²) in [6.45, 7) is 11.6. The third-order valence-corrected chi connectivity index (χ3v) is 6.19. The average molecular weight is 387 g/mol. The van der Waals surface area contributed by atoms with E-state index in [2.05, 4.69) is 52.8 Å². The van der Waals surface area contributed by atoms with Crippen LogP contribution in [0.5, 0.6) is 5.75 Å². The Morgan fingerprint density at radius 2 is 2.00 bits per heavy atom. The number of thiophene rings is 1. The molecule has 1 atom stereocenters. The van der Waals surface area contributed by atoms with Gasteiger partial charge in [-0.3, -0.25) is 4.79 Å². The molecule has 0 spiro atoms. The Labute approximate surface area is 166 Å². The first-order chi connectivity index (χ1) is 12.7. The van der Waals surface area contributed by atoms with E-state index < -0.39 is 0 Å². The van der Waals surface area contributed by atoms with Crippen LogP contribution >= 0.6 is 11.3 Å². The lowest BCUT2D eigenvalue weighted by Crippen LogP contribution is -2.21. The summed E-state index contributed by atoms with van der Waals surface area (Å²) in [5.41, 5.74) is 4.81. The number of aryl methyl sites for hydroxylation is 3. The van der Waals surface area contributed by atoms with Crippen LogP contribution in [0.2, 0.25) is 0 Å². The van der Waals surface area contributed by atoms with Crippen molar-refractivity contribution in [2.24, 2.45) is 5.41 Å². The maximum absolute atomic E-state index is 12.7. The van der Waals surface area contributed by atoms with Crippen LogP contribution in [-0.2, 0) is 16.0 Å². The molecule has 2 heterocycles. The molecule has 0 N–H and O–H groups in total. The van der Waals surface area contributed by atoms with Crippen LogP contribution < -0.4 is 4.74 Å². The molecule has 146 valence electrons. The van der Waals surface area contributed by atoms with Gasteiger partial charge in [-0.1, -0.05) is 26.8 Å². The first-order valence-corrected chi connectivity index (χ1v) is 10.5. The van der Waals surface area contributed by atoms with E-state index in [-0.39, 0.29) is 17.3 Å². The topological polar surface area (TPSA) is 35.5 Å². The highest BCUT2D eigenvalue weighted by atomic mass is 32.1. The second-order valence-electron chi connectivity index (χ2n) is 8.62. The third-order valence-electron chi connectivity index (χ3n) is 5.15.